The van der Waals surface area contributed by atoms with Crippen LogP contribution in [0, 0.1) is 5.92 Å². The SMILES string of the molecule is CCOC(=O)c1cc(C2C=CC3=COCC3C2=O)ns1. The third-order valence-electron chi connectivity index (χ3n) is 3.34. The average Bonchev–Trinajstić information content (AvgIpc) is 3.08. The van der Waals surface area contributed by atoms with Gasteiger partial charge in [0, 0.05) is 5.57 Å². The molecule has 6 heteroatoms. The normalized spacial score (nSPS) is 24.1. The summed E-state index contributed by atoms with van der Waals surface area (Å²) in [5, 5.41) is 0. The Morgan fingerprint density at radius 2 is 2.45 bits per heavy atom. The molecule has 2 unspecified atom stereocenters. The molecule has 1 aliphatic heterocycles. The largest absolute Gasteiger partial charge is 0.500 e. The van der Waals surface area contributed by atoms with E-state index in [2.05, 4.69) is 4.37 Å². The highest BCUT2D eigenvalue weighted by molar-refractivity contribution is 7.08. The molecule has 1 aromatic heterocycles. The van der Waals surface area contributed by atoms with Gasteiger partial charge in [-0.15, -0.1) is 0 Å². The van der Waals surface area contributed by atoms with Gasteiger partial charge in [0.2, 0.25) is 0 Å². The Kier molecular flexibility index (Phi) is 3.40. The number of ether oxygens (including phenoxy) is 2. The molecule has 0 saturated carbocycles. The summed E-state index contributed by atoms with van der Waals surface area (Å²) in [5.41, 5.74) is 1.51. The summed E-state index contributed by atoms with van der Waals surface area (Å²) in [7, 11) is 0. The highest BCUT2D eigenvalue weighted by atomic mass is 32.1. The number of aromatic nitrogens is 1. The van der Waals surface area contributed by atoms with Gasteiger partial charge in [-0.25, -0.2) is 4.79 Å². The fraction of sp³-hybridized carbons (Fsp3) is 0.357. The van der Waals surface area contributed by atoms with Crippen LogP contribution >= 0.6 is 11.5 Å². The number of Topliss-reactive ketones (excluding diaryl/α,β-unsaturated/α-hetero) is 1. The molecule has 0 spiro atoms. The molecular weight excluding hydrogens is 278 g/mol. The topological polar surface area (TPSA) is 65.5 Å². The van der Waals surface area contributed by atoms with Crippen molar-refractivity contribution in [3.8, 4) is 0 Å². The van der Waals surface area contributed by atoms with Gasteiger partial charge < -0.3 is 9.47 Å². The Bertz CT molecular complexity index is 616. The van der Waals surface area contributed by atoms with Gasteiger partial charge in [0.05, 0.1) is 30.4 Å². The predicted molar refractivity (Wildman–Crippen MR) is 72.5 cm³/mol. The summed E-state index contributed by atoms with van der Waals surface area (Å²) in [6.45, 7) is 2.47. The molecule has 2 aliphatic rings. The fourth-order valence-corrected chi connectivity index (χ4v) is 2.99. The zero-order valence-electron chi connectivity index (χ0n) is 10.9. The fourth-order valence-electron chi connectivity index (χ4n) is 2.32. The minimum absolute atomic E-state index is 0.0666. The summed E-state index contributed by atoms with van der Waals surface area (Å²) < 4.78 is 14.3. The van der Waals surface area contributed by atoms with E-state index in [1.165, 1.54) is 0 Å². The van der Waals surface area contributed by atoms with Crippen molar-refractivity contribution in [2.75, 3.05) is 13.2 Å². The van der Waals surface area contributed by atoms with Crippen molar-refractivity contribution < 1.29 is 19.1 Å². The number of hydrogen-bond donors (Lipinski definition) is 0. The molecule has 5 nitrogen and oxygen atoms in total. The van der Waals surface area contributed by atoms with Crippen LogP contribution in [0.4, 0.5) is 0 Å². The molecule has 3 rings (SSSR count). The lowest BCUT2D eigenvalue weighted by atomic mass is 9.82. The molecule has 0 aromatic carbocycles. The molecule has 0 saturated heterocycles. The number of fused-ring (bicyclic) bond motifs is 1. The Morgan fingerprint density at radius 3 is 3.25 bits per heavy atom. The lowest BCUT2D eigenvalue weighted by molar-refractivity contribution is -0.122. The van der Waals surface area contributed by atoms with Gasteiger partial charge in [0.1, 0.15) is 11.5 Å². The summed E-state index contributed by atoms with van der Waals surface area (Å²) >= 11 is 1.06. The first-order chi connectivity index (χ1) is 9.70. The highest BCUT2D eigenvalue weighted by Crippen LogP contribution is 2.34. The lowest BCUT2D eigenvalue weighted by Gasteiger charge is -2.19. The second kappa shape index (κ2) is 5.20. The maximum atomic E-state index is 12.4. The van der Waals surface area contributed by atoms with Crippen LogP contribution in [0.15, 0.2) is 30.1 Å². The van der Waals surface area contributed by atoms with Crippen molar-refractivity contribution in [3.63, 3.8) is 0 Å². The molecular formula is C14H13NO4S. The highest BCUT2D eigenvalue weighted by Gasteiger charge is 2.36. The molecule has 104 valence electrons. The average molecular weight is 291 g/mol. The first-order valence-corrected chi connectivity index (χ1v) is 7.15. The molecule has 0 amide bonds. The molecule has 2 atom stereocenters. The standard InChI is InChI=1S/C14H13NO4S/c1-2-19-14(17)12-5-11(15-20-12)9-4-3-8-6-18-7-10(8)13(9)16/h3-6,9-10H,2,7H2,1H3. The van der Waals surface area contributed by atoms with E-state index in [1.807, 2.05) is 12.2 Å². The number of nitrogens with zero attached hydrogens (tertiary/aromatic N) is 1. The summed E-state index contributed by atoms with van der Waals surface area (Å²) in [4.78, 5) is 24.4. The van der Waals surface area contributed by atoms with Gasteiger partial charge in [0.15, 0.2) is 5.78 Å². The minimum Gasteiger partial charge on any atom is -0.500 e. The molecule has 1 aromatic rings. The Morgan fingerprint density at radius 1 is 1.60 bits per heavy atom. The summed E-state index contributed by atoms with van der Waals surface area (Å²) in [6.07, 6.45) is 5.33. The van der Waals surface area contributed by atoms with E-state index >= 15 is 0 Å². The second-order valence-electron chi connectivity index (χ2n) is 4.58. The van der Waals surface area contributed by atoms with Gasteiger partial charge in [-0.05, 0) is 24.5 Å². The Labute approximate surface area is 120 Å². The van der Waals surface area contributed by atoms with Gasteiger partial charge in [-0.2, -0.15) is 4.37 Å². The van der Waals surface area contributed by atoms with Crippen LogP contribution < -0.4 is 0 Å². The van der Waals surface area contributed by atoms with E-state index in [1.54, 1.807) is 19.3 Å². The minimum atomic E-state index is -0.404. The van der Waals surface area contributed by atoms with Crippen LogP contribution in [-0.4, -0.2) is 29.3 Å². The van der Waals surface area contributed by atoms with E-state index in [-0.39, 0.29) is 11.7 Å². The van der Waals surface area contributed by atoms with Crippen molar-refractivity contribution in [2.24, 2.45) is 5.92 Å². The van der Waals surface area contributed by atoms with Crippen LogP contribution in [0.2, 0.25) is 0 Å². The Hall–Kier alpha value is -1.95. The van der Waals surface area contributed by atoms with E-state index in [0.29, 0.717) is 23.8 Å². The summed E-state index contributed by atoms with van der Waals surface area (Å²) in [6, 6.07) is 1.64. The van der Waals surface area contributed by atoms with Gasteiger partial charge in [-0.3, -0.25) is 4.79 Å². The number of esters is 1. The van der Waals surface area contributed by atoms with Crippen molar-refractivity contribution >= 4 is 23.3 Å². The molecule has 2 heterocycles. The lowest BCUT2D eigenvalue weighted by Crippen LogP contribution is -2.26. The zero-order valence-corrected chi connectivity index (χ0v) is 11.7. The first-order valence-electron chi connectivity index (χ1n) is 6.38. The number of allylic oxidation sites excluding steroid dienone is 2. The number of carbonyl (C=O) groups excluding carboxylic acids is 2. The van der Waals surface area contributed by atoms with E-state index in [0.717, 1.165) is 17.1 Å². The molecule has 0 fully saturated rings. The monoisotopic (exact) mass is 291 g/mol. The molecule has 0 N–H and O–H groups in total. The molecule has 0 bridgehead atoms. The quantitative estimate of drug-likeness (QED) is 0.798. The molecule has 0 radical (unpaired) electrons. The predicted octanol–water partition coefficient (Wildman–Crippen LogP) is 2.07. The summed E-state index contributed by atoms with van der Waals surface area (Å²) in [5.74, 6) is -0.943. The third kappa shape index (κ3) is 2.16. The number of ketones is 1. The first kappa shape index (κ1) is 13.1. The van der Waals surface area contributed by atoms with Gasteiger partial charge in [-0.1, -0.05) is 12.2 Å². The number of rotatable bonds is 3. The molecule has 1 aliphatic carbocycles. The van der Waals surface area contributed by atoms with Gasteiger partial charge in [0.25, 0.3) is 0 Å². The van der Waals surface area contributed by atoms with Crippen LogP contribution in [0.3, 0.4) is 0 Å². The second-order valence-corrected chi connectivity index (χ2v) is 5.38. The number of carbonyl (C=O) groups is 2. The maximum absolute atomic E-state index is 12.4. The van der Waals surface area contributed by atoms with Crippen molar-refractivity contribution in [2.45, 2.75) is 12.8 Å². The van der Waals surface area contributed by atoms with E-state index in [9.17, 15) is 9.59 Å². The van der Waals surface area contributed by atoms with Crippen LogP contribution in [0.25, 0.3) is 0 Å². The molecule has 20 heavy (non-hydrogen) atoms. The van der Waals surface area contributed by atoms with Crippen molar-refractivity contribution in [1.82, 2.24) is 4.37 Å². The van der Waals surface area contributed by atoms with E-state index in [4.69, 9.17) is 9.47 Å². The van der Waals surface area contributed by atoms with Crippen molar-refractivity contribution in [3.05, 3.63) is 40.6 Å². The Balaban J connectivity index is 1.83. The number of hydrogen-bond acceptors (Lipinski definition) is 6. The zero-order chi connectivity index (χ0) is 14.1. The maximum Gasteiger partial charge on any atom is 0.349 e. The van der Waals surface area contributed by atoms with Crippen LogP contribution in [0.1, 0.15) is 28.2 Å². The smallest absolute Gasteiger partial charge is 0.349 e. The van der Waals surface area contributed by atoms with Gasteiger partial charge >= 0.3 is 5.97 Å². The van der Waals surface area contributed by atoms with Crippen molar-refractivity contribution in [1.29, 1.82) is 0 Å². The van der Waals surface area contributed by atoms with E-state index < -0.39 is 11.9 Å². The van der Waals surface area contributed by atoms with Crippen LogP contribution in [0.5, 0.6) is 0 Å². The third-order valence-corrected chi connectivity index (χ3v) is 4.12. The van der Waals surface area contributed by atoms with Crippen LogP contribution in [-0.2, 0) is 14.3 Å².